The van der Waals surface area contributed by atoms with Crippen molar-refractivity contribution in [2.75, 3.05) is 7.11 Å². The van der Waals surface area contributed by atoms with Gasteiger partial charge in [0.25, 0.3) is 0 Å². The summed E-state index contributed by atoms with van der Waals surface area (Å²) >= 11 is 0. The van der Waals surface area contributed by atoms with E-state index >= 15 is 0 Å². The van der Waals surface area contributed by atoms with Gasteiger partial charge >= 0.3 is 5.97 Å². The maximum absolute atomic E-state index is 12.6. The first-order valence-corrected chi connectivity index (χ1v) is 8.04. The Morgan fingerprint density at radius 2 is 1.50 bits per heavy atom. The molecule has 0 aliphatic heterocycles. The Hall–Kier alpha value is -0.570. The molecule has 0 saturated heterocycles. The number of rotatable bonds is 3. The minimum atomic E-state index is -0.491. The lowest BCUT2D eigenvalue weighted by Gasteiger charge is -2.51. The van der Waals surface area contributed by atoms with E-state index in [0.29, 0.717) is 6.04 Å². The van der Waals surface area contributed by atoms with Crippen molar-refractivity contribution in [2.45, 2.75) is 84.2 Å². The predicted octanol–water partition coefficient (Wildman–Crippen LogP) is 3.67. The van der Waals surface area contributed by atoms with Crippen LogP contribution in [0.25, 0.3) is 0 Å². The Morgan fingerprint density at radius 1 is 1.00 bits per heavy atom. The number of hydrogen-bond acceptors (Lipinski definition) is 3. The van der Waals surface area contributed by atoms with Gasteiger partial charge in [-0.15, -0.1) is 0 Å². The smallest absolute Gasteiger partial charge is 0.326 e. The normalized spacial score (nSPS) is 28.2. The van der Waals surface area contributed by atoms with Gasteiger partial charge in [-0.1, -0.05) is 40.5 Å². The quantitative estimate of drug-likeness (QED) is 0.802. The number of ether oxygens (including phenoxy) is 1. The summed E-state index contributed by atoms with van der Waals surface area (Å²) in [5.41, 5.74) is -0.155. The molecule has 3 nitrogen and oxygen atoms in total. The van der Waals surface area contributed by atoms with Crippen molar-refractivity contribution in [3.63, 3.8) is 0 Å². The maximum Gasteiger partial charge on any atom is 0.326 e. The molecule has 0 radical (unpaired) electrons. The van der Waals surface area contributed by atoms with Crippen molar-refractivity contribution in [2.24, 2.45) is 10.8 Å². The lowest BCUT2D eigenvalue weighted by Crippen LogP contribution is -2.62. The summed E-state index contributed by atoms with van der Waals surface area (Å²) < 4.78 is 5.19. The summed E-state index contributed by atoms with van der Waals surface area (Å²) in [5.74, 6) is -0.0646. The minimum Gasteiger partial charge on any atom is -0.468 e. The average Bonchev–Trinajstić information content (AvgIpc) is 2.75. The second kappa shape index (κ2) is 5.32. The van der Waals surface area contributed by atoms with Gasteiger partial charge < -0.3 is 4.74 Å². The highest BCUT2D eigenvalue weighted by molar-refractivity contribution is 5.81. The monoisotopic (exact) mass is 281 g/mol. The Bertz CT molecular complexity index is 351. The highest BCUT2D eigenvalue weighted by atomic mass is 16.5. The average molecular weight is 281 g/mol. The SMILES string of the molecule is COC(=O)C1(NC2CCCC2)CC(C)(C)CC(C)(C)C1. The molecule has 2 aliphatic rings. The Morgan fingerprint density at radius 3 is 1.95 bits per heavy atom. The van der Waals surface area contributed by atoms with Crippen LogP contribution >= 0.6 is 0 Å². The Kier molecular flexibility index (Phi) is 4.21. The van der Waals surface area contributed by atoms with Crippen LogP contribution < -0.4 is 5.32 Å². The van der Waals surface area contributed by atoms with Gasteiger partial charge in [-0.25, -0.2) is 0 Å². The van der Waals surface area contributed by atoms with E-state index in [4.69, 9.17) is 4.74 Å². The third kappa shape index (κ3) is 3.36. The molecule has 0 aromatic rings. The van der Waals surface area contributed by atoms with Crippen LogP contribution in [-0.2, 0) is 9.53 Å². The van der Waals surface area contributed by atoms with Gasteiger partial charge in [-0.2, -0.15) is 0 Å². The highest BCUT2D eigenvalue weighted by Gasteiger charge is 2.53. The first-order valence-electron chi connectivity index (χ1n) is 8.04. The van der Waals surface area contributed by atoms with Crippen LogP contribution in [0.2, 0.25) is 0 Å². The maximum atomic E-state index is 12.6. The number of esters is 1. The van der Waals surface area contributed by atoms with Crippen molar-refractivity contribution in [3.8, 4) is 0 Å². The number of carbonyl (C=O) groups excluding carboxylic acids is 1. The number of hydrogen-bond donors (Lipinski definition) is 1. The molecule has 0 aromatic carbocycles. The molecule has 3 heteroatoms. The van der Waals surface area contributed by atoms with Gasteiger partial charge in [0.15, 0.2) is 0 Å². The van der Waals surface area contributed by atoms with Gasteiger partial charge in [-0.3, -0.25) is 10.1 Å². The third-order valence-electron chi connectivity index (χ3n) is 4.93. The van der Waals surface area contributed by atoms with E-state index in [1.807, 2.05) is 0 Å². The first-order chi connectivity index (χ1) is 9.18. The zero-order chi connectivity index (χ0) is 15.0. The van der Waals surface area contributed by atoms with Gasteiger partial charge in [-0.05, 0) is 42.9 Å². The van der Waals surface area contributed by atoms with Crippen molar-refractivity contribution >= 4 is 5.97 Å². The van der Waals surface area contributed by atoms with E-state index in [1.54, 1.807) is 0 Å². The largest absolute Gasteiger partial charge is 0.468 e. The van der Waals surface area contributed by atoms with Crippen LogP contribution in [-0.4, -0.2) is 24.7 Å². The van der Waals surface area contributed by atoms with Crippen LogP contribution in [0.3, 0.4) is 0 Å². The molecule has 0 heterocycles. The molecule has 2 saturated carbocycles. The molecular formula is C17H31NO2. The zero-order valence-corrected chi connectivity index (χ0v) is 13.8. The van der Waals surface area contributed by atoms with E-state index in [2.05, 4.69) is 33.0 Å². The summed E-state index contributed by atoms with van der Waals surface area (Å²) in [6, 6.07) is 0.485. The summed E-state index contributed by atoms with van der Waals surface area (Å²) in [5, 5.41) is 3.72. The Balaban J connectivity index is 2.27. The van der Waals surface area contributed by atoms with E-state index in [1.165, 1.54) is 32.8 Å². The van der Waals surface area contributed by atoms with Crippen LogP contribution in [0.15, 0.2) is 0 Å². The molecule has 2 fully saturated rings. The molecular weight excluding hydrogens is 250 g/mol. The fourth-order valence-electron chi connectivity index (χ4n) is 5.08. The standard InChI is InChI=1S/C17H31NO2/c1-15(2)10-16(3,4)12-17(11-15,14(19)20-5)18-13-8-6-7-9-13/h13,18H,6-12H2,1-5H3. The molecule has 0 aromatic heterocycles. The first kappa shape index (κ1) is 15.8. The lowest BCUT2D eigenvalue weighted by atomic mass is 9.58. The van der Waals surface area contributed by atoms with E-state index in [9.17, 15) is 4.79 Å². The molecule has 0 unspecified atom stereocenters. The van der Waals surface area contributed by atoms with Gasteiger partial charge in [0.1, 0.15) is 5.54 Å². The van der Waals surface area contributed by atoms with Gasteiger partial charge in [0.05, 0.1) is 7.11 Å². The molecule has 116 valence electrons. The predicted molar refractivity (Wildman–Crippen MR) is 81.6 cm³/mol. The number of methoxy groups -OCH3 is 1. The minimum absolute atomic E-state index is 0.0646. The highest BCUT2D eigenvalue weighted by Crippen LogP contribution is 2.51. The van der Waals surface area contributed by atoms with Gasteiger partial charge in [0, 0.05) is 6.04 Å². The van der Waals surface area contributed by atoms with E-state index in [-0.39, 0.29) is 16.8 Å². The molecule has 0 bridgehead atoms. The van der Waals surface area contributed by atoms with Crippen LogP contribution in [0.5, 0.6) is 0 Å². The fourth-order valence-corrected chi connectivity index (χ4v) is 5.08. The van der Waals surface area contributed by atoms with Crippen LogP contribution in [0.4, 0.5) is 0 Å². The lowest BCUT2D eigenvalue weighted by molar-refractivity contribution is -0.156. The zero-order valence-electron chi connectivity index (χ0n) is 13.8. The van der Waals surface area contributed by atoms with Crippen LogP contribution in [0.1, 0.15) is 72.6 Å². The van der Waals surface area contributed by atoms with E-state index < -0.39 is 5.54 Å². The molecule has 0 spiro atoms. The summed E-state index contributed by atoms with van der Waals surface area (Å²) in [7, 11) is 1.52. The Labute approximate surface area is 123 Å². The topological polar surface area (TPSA) is 38.3 Å². The summed E-state index contributed by atoms with van der Waals surface area (Å²) in [6.45, 7) is 9.12. The second-order valence-corrected chi connectivity index (χ2v) is 8.56. The molecule has 20 heavy (non-hydrogen) atoms. The molecule has 0 amide bonds. The second-order valence-electron chi connectivity index (χ2n) is 8.56. The summed E-state index contributed by atoms with van der Waals surface area (Å²) in [6.07, 6.45) is 7.87. The molecule has 1 N–H and O–H groups in total. The third-order valence-corrected chi connectivity index (χ3v) is 4.93. The van der Waals surface area contributed by atoms with Gasteiger partial charge in [0.2, 0.25) is 0 Å². The molecule has 0 atom stereocenters. The molecule has 2 aliphatic carbocycles. The van der Waals surface area contributed by atoms with Crippen LogP contribution in [0, 0.1) is 10.8 Å². The fraction of sp³-hybridized carbons (Fsp3) is 0.941. The number of nitrogens with one attached hydrogen (secondary N) is 1. The van der Waals surface area contributed by atoms with E-state index in [0.717, 1.165) is 19.3 Å². The number of carbonyl (C=O) groups is 1. The van der Waals surface area contributed by atoms with Crippen molar-refractivity contribution in [1.29, 1.82) is 0 Å². The van der Waals surface area contributed by atoms with Crippen molar-refractivity contribution in [1.82, 2.24) is 5.32 Å². The molecule has 2 rings (SSSR count). The van der Waals surface area contributed by atoms with Crippen molar-refractivity contribution < 1.29 is 9.53 Å². The van der Waals surface area contributed by atoms with Crippen molar-refractivity contribution in [3.05, 3.63) is 0 Å². The summed E-state index contributed by atoms with van der Waals surface area (Å²) in [4.78, 5) is 12.6.